The van der Waals surface area contributed by atoms with E-state index in [1.165, 1.54) is 16.5 Å². The van der Waals surface area contributed by atoms with Gasteiger partial charge in [0.05, 0.1) is 14.1 Å². The Morgan fingerprint density at radius 3 is 2.72 bits per heavy atom. The lowest BCUT2D eigenvalue weighted by atomic mass is 9.97. The molecule has 0 radical (unpaired) electrons. The highest BCUT2D eigenvalue weighted by atomic mass is 32.2. The molecule has 6 heteroatoms. The standard InChI is InChI=1S/C12H16N3O2S/c1-5-7-6-13-10-8(9(7)18-4)11(16)15(3)12(17)14(10)2/h6,8H,5H2,1-4H3/q+1. The minimum absolute atomic E-state index is 0.194. The summed E-state index contributed by atoms with van der Waals surface area (Å²) in [6.07, 6.45) is 4.55. The van der Waals surface area contributed by atoms with Gasteiger partial charge >= 0.3 is 11.9 Å². The number of allylic oxidation sites excluding steroid dienone is 1. The van der Waals surface area contributed by atoms with E-state index in [2.05, 4.69) is 4.99 Å². The Balaban J connectivity index is 2.62. The van der Waals surface area contributed by atoms with Crippen molar-refractivity contribution >= 4 is 35.8 Å². The Kier molecular flexibility index (Phi) is 3.38. The fourth-order valence-corrected chi connectivity index (χ4v) is 3.11. The quantitative estimate of drug-likeness (QED) is 0.709. The molecule has 0 aromatic heterocycles. The molecule has 0 spiro atoms. The van der Waals surface area contributed by atoms with E-state index in [1.807, 2.05) is 13.2 Å². The van der Waals surface area contributed by atoms with Crippen LogP contribution in [0.3, 0.4) is 0 Å². The van der Waals surface area contributed by atoms with E-state index in [-0.39, 0.29) is 11.9 Å². The van der Waals surface area contributed by atoms with Crippen molar-refractivity contribution in [3.63, 3.8) is 0 Å². The molecule has 0 aromatic carbocycles. The predicted molar refractivity (Wildman–Crippen MR) is 72.2 cm³/mol. The van der Waals surface area contributed by atoms with Crippen LogP contribution in [-0.2, 0) is 4.79 Å². The summed E-state index contributed by atoms with van der Waals surface area (Å²) in [6.45, 7) is 2.04. The van der Waals surface area contributed by atoms with Crippen LogP contribution in [0.4, 0.5) is 4.79 Å². The predicted octanol–water partition coefficient (Wildman–Crippen LogP) is 1.35. The number of aliphatic imine (C=N–C) groups is 1. The maximum Gasteiger partial charge on any atom is 0.445 e. The third-order valence-corrected chi connectivity index (χ3v) is 4.22. The van der Waals surface area contributed by atoms with Crippen LogP contribution in [0.15, 0.2) is 15.5 Å². The molecule has 0 aromatic rings. The molecule has 18 heavy (non-hydrogen) atoms. The van der Waals surface area contributed by atoms with Gasteiger partial charge in [-0.1, -0.05) is 6.92 Å². The van der Waals surface area contributed by atoms with Crippen LogP contribution in [0.2, 0.25) is 0 Å². The fraction of sp³-hybridized carbons (Fsp3) is 0.500. The Labute approximate surface area is 110 Å². The van der Waals surface area contributed by atoms with Crippen LogP contribution >= 0.6 is 11.8 Å². The number of carbonyl (C=O) groups excluding carboxylic acids is 2. The van der Waals surface area contributed by atoms with E-state index in [9.17, 15) is 9.59 Å². The molecule has 0 fully saturated rings. The van der Waals surface area contributed by atoms with E-state index in [4.69, 9.17) is 0 Å². The monoisotopic (exact) mass is 266 g/mol. The number of hydrogen-bond acceptors (Lipinski definition) is 4. The largest absolute Gasteiger partial charge is 0.445 e. The highest BCUT2D eigenvalue weighted by molar-refractivity contribution is 8.02. The lowest BCUT2D eigenvalue weighted by Crippen LogP contribution is -2.52. The molecule has 5 nitrogen and oxygen atoms in total. The number of carbonyl (C=O) groups is 2. The number of hydrogen-bond donors (Lipinski definition) is 0. The van der Waals surface area contributed by atoms with Crippen molar-refractivity contribution in [2.75, 3.05) is 20.4 Å². The summed E-state index contributed by atoms with van der Waals surface area (Å²) in [5, 5.41) is 0. The zero-order chi connectivity index (χ0) is 13.4. The Morgan fingerprint density at radius 2 is 2.17 bits per heavy atom. The molecule has 0 N–H and O–H groups in total. The number of dihydropyridines is 1. The van der Waals surface area contributed by atoms with E-state index in [0.717, 1.165) is 16.9 Å². The maximum atomic E-state index is 12.3. The average molecular weight is 266 g/mol. The fourth-order valence-electron chi connectivity index (χ4n) is 2.21. The molecule has 1 unspecified atom stereocenters. The summed E-state index contributed by atoms with van der Waals surface area (Å²) in [5.41, 5.74) is 1.07. The van der Waals surface area contributed by atoms with Gasteiger partial charge < -0.3 is 0 Å². The molecular weight excluding hydrogens is 250 g/mol. The SMILES string of the molecule is CCC1=C(SC)C2C(=O)N(C)C(=O)[N+](C)=C2N=C1. The van der Waals surface area contributed by atoms with Crippen LogP contribution in [0.1, 0.15) is 13.3 Å². The van der Waals surface area contributed by atoms with Gasteiger partial charge in [0.15, 0.2) is 5.92 Å². The summed E-state index contributed by atoms with van der Waals surface area (Å²) < 4.78 is 1.45. The van der Waals surface area contributed by atoms with Gasteiger partial charge in [0.25, 0.3) is 5.84 Å². The van der Waals surface area contributed by atoms with Crippen molar-refractivity contribution < 1.29 is 14.2 Å². The molecule has 96 valence electrons. The number of rotatable bonds is 2. The van der Waals surface area contributed by atoms with Gasteiger partial charge in [-0.15, -0.1) is 16.8 Å². The summed E-state index contributed by atoms with van der Waals surface area (Å²) in [7, 11) is 3.17. The number of nitrogens with zero attached hydrogens (tertiary/aromatic N) is 3. The van der Waals surface area contributed by atoms with E-state index < -0.39 is 5.92 Å². The zero-order valence-corrected chi connectivity index (χ0v) is 11.7. The summed E-state index contributed by atoms with van der Waals surface area (Å²) in [4.78, 5) is 30.6. The molecule has 0 aliphatic carbocycles. The van der Waals surface area contributed by atoms with Gasteiger partial charge in [0.2, 0.25) is 0 Å². The van der Waals surface area contributed by atoms with Gasteiger partial charge in [-0.05, 0) is 18.2 Å². The van der Waals surface area contributed by atoms with Crippen molar-refractivity contribution in [1.29, 1.82) is 0 Å². The van der Waals surface area contributed by atoms with Crippen molar-refractivity contribution in [3.8, 4) is 0 Å². The number of amides is 3. The molecule has 1 atom stereocenters. The van der Waals surface area contributed by atoms with Gasteiger partial charge in [0, 0.05) is 4.91 Å². The molecule has 0 bridgehead atoms. The van der Waals surface area contributed by atoms with Crippen LogP contribution in [0.25, 0.3) is 0 Å². The van der Waals surface area contributed by atoms with Crippen LogP contribution < -0.4 is 0 Å². The van der Waals surface area contributed by atoms with Crippen LogP contribution in [-0.4, -0.2) is 53.8 Å². The van der Waals surface area contributed by atoms with Crippen LogP contribution in [0, 0.1) is 5.92 Å². The van der Waals surface area contributed by atoms with E-state index in [1.54, 1.807) is 25.0 Å². The number of imide groups is 1. The van der Waals surface area contributed by atoms with E-state index in [0.29, 0.717) is 5.84 Å². The summed E-state index contributed by atoms with van der Waals surface area (Å²) >= 11 is 1.56. The zero-order valence-electron chi connectivity index (χ0n) is 10.9. The first kappa shape index (κ1) is 13.0. The normalized spacial score (nSPS) is 24.0. The topological polar surface area (TPSA) is 52.8 Å². The van der Waals surface area contributed by atoms with Crippen molar-refractivity contribution in [1.82, 2.24) is 4.90 Å². The second kappa shape index (κ2) is 4.68. The molecule has 2 aliphatic rings. The Hall–Kier alpha value is -1.43. The molecule has 2 rings (SSSR count). The van der Waals surface area contributed by atoms with Gasteiger partial charge in [-0.2, -0.15) is 9.48 Å². The van der Waals surface area contributed by atoms with E-state index >= 15 is 0 Å². The number of urea groups is 1. The third-order valence-electron chi connectivity index (χ3n) is 3.29. The molecular formula is C12H16N3O2S+. The number of thioether (sulfide) groups is 1. The smallest absolute Gasteiger partial charge is 0.255 e. The molecule has 3 amide bonds. The minimum atomic E-state index is -0.423. The maximum absolute atomic E-state index is 12.3. The van der Waals surface area contributed by atoms with Gasteiger partial charge in [0.1, 0.15) is 6.21 Å². The first-order chi connectivity index (χ1) is 8.52. The second-order valence-electron chi connectivity index (χ2n) is 4.24. The summed E-state index contributed by atoms with van der Waals surface area (Å²) in [6, 6.07) is -0.330. The van der Waals surface area contributed by atoms with Crippen molar-refractivity contribution in [2.24, 2.45) is 10.9 Å². The summed E-state index contributed by atoms with van der Waals surface area (Å²) in [5.74, 6) is -0.0856. The lowest BCUT2D eigenvalue weighted by Gasteiger charge is -2.27. The second-order valence-corrected chi connectivity index (χ2v) is 5.08. The molecule has 2 aliphatic heterocycles. The van der Waals surface area contributed by atoms with Gasteiger partial charge in [-0.25, -0.2) is 4.79 Å². The Bertz CT molecular complexity index is 519. The first-order valence-corrected chi connectivity index (χ1v) is 6.98. The molecule has 0 saturated carbocycles. The number of amidine groups is 1. The van der Waals surface area contributed by atoms with Crippen molar-refractivity contribution in [2.45, 2.75) is 13.3 Å². The van der Waals surface area contributed by atoms with Gasteiger partial charge in [-0.3, -0.25) is 4.79 Å². The molecule has 2 heterocycles. The lowest BCUT2D eigenvalue weighted by molar-refractivity contribution is -0.407. The Morgan fingerprint density at radius 1 is 1.50 bits per heavy atom. The average Bonchev–Trinajstić information content (AvgIpc) is 2.40. The highest BCUT2D eigenvalue weighted by Crippen LogP contribution is 2.33. The van der Waals surface area contributed by atoms with Crippen LogP contribution in [0.5, 0.6) is 0 Å². The number of fused-ring (bicyclic) bond motifs is 1. The molecule has 0 saturated heterocycles. The highest BCUT2D eigenvalue weighted by Gasteiger charge is 2.47. The minimum Gasteiger partial charge on any atom is -0.255 e. The van der Waals surface area contributed by atoms with Crippen molar-refractivity contribution in [3.05, 3.63) is 10.5 Å². The third kappa shape index (κ3) is 1.71. The first-order valence-electron chi connectivity index (χ1n) is 5.76.